The SMILES string of the molecule is COC(=O)/C(CC(=O)C(C)(C)C)=N\NC(=O)c1c(I)cnn1C. The molecule has 1 amide bonds. The van der Waals surface area contributed by atoms with Crippen LogP contribution in [0.5, 0.6) is 0 Å². The van der Waals surface area contributed by atoms with Gasteiger partial charge in [-0.3, -0.25) is 14.3 Å². The fourth-order valence-corrected chi connectivity index (χ4v) is 2.25. The van der Waals surface area contributed by atoms with Crippen LogP contribution in [-0.4, -0.2) is 40.3 Å². The summed E-state index contributed by atoms with van der Waals surface area (Å²) >= 11 is 1.97. The number of nitrogens with one attached hydrogen (secondary N) is 1. The molecule has 0 aliphatic heterocycles. The molecule has 0 bridgehead atoms. The van der Waals surface area contributed by atoms with Crippen molar-refractivity contribution in [1.29, 1.82) is 0 Å². The van der Waals surface area contributed by atoms with Crippen molar-refractivity contribution in [2.24, 2.45) is 17.6 Å². The third-order valence-corrected chi connectivity index (χ3v) is 3.78. The Balaban J connectivity index is 2.96. The van der Waals surface area contributed by atoms with Crippen LogP contribution in [0.15, 0.2) is 11.3 Å². The van der Waals surface area contributed by atoms with Crippen molar-refractivity contribution in [3.63, 3.8) is 0 Å². The number of ketones is 1. The minimum atomic E-state index is -0.761. The molecule has 1 N–H and O–H groups in total. The van der Waals surface area contributed by atoms with Crippen molar-refractivity contribution in [3.8, 4) is 0 Å². The highest BCUT2D eigenvalue weighted by Crippen LogP contribution is 2.17. The van der Waals surface area contributed by atoms with Crippen LogP contribution in [0.1, 0.15) is 37.7 Å². The van der Waals surface area contributed by atoms with Gasteiger partial charge in [-0.1, -0.05) is 20.8 Å². The molecule has 0 saturated carbocycles. The molecule has 0 aliphatic rings. The second kappa shape index (κ2) is 7.66. The van der Waals surface area contributed by atoms with Gasteiger partial charge in [-0.15, -0.1) is 0 Å². The Morgan fingerprint density at radius 2 is 2.00 bits per heavy atom. The first-order chi connectivity index (χ1) is 10.6. The normalized spacial score (nSPS) is 12.0. The maximum atomic E-state index is 12.1. The second-order valence-corrected chi connectivity index (χ2v) is 6.97. The number of rotatable bonds is 5. The Kier molecular flexibility index (Phi) is 6.42. The zero-order valence-electron chi connectivity index (χ0n) is 13.6. The molecule has 0 saturated heterocycles. The second-order valence-electron chi connectivity index (χ2n) is 5.81. The molecule has 1 heterocycles. The lowest BCUT2D eigenvalue weighted by Crippen LogP contribution is -2.30. The van der Waals surface area contributed by atoms with Crippen LogP contribution in [0.25, 0.3) is 0 Å². The molecule has 8 nitrogen and oxygen atoms in total. The predicted molar refractivity (Wildman–Crippen MR) is 91.9 cm³/mol. The first-order valence-corrected chi connectivity index (χ1v) is 7.81. The van der Waals surface area contributed by atoms with Gasteiger partial charge in [0.05, 0.1) is 23.3 Å². The quantitative estimate of drug-likeness (QED) is 0.326. The molecule has 126 valence electrons. The number of nitrogens with zero attached hydrogens (tertiary/aromatic N) is 3. The number of carbonyl (C=O) groups excluding carboxylic acids is 3. The number of halogens is 1. The van der Waals surface area contributed by atoms with E-state index in [4.69, 9.17) is 0 Å². The van der Waals surface area contributed by atoms with Gasteiger partial charge in [-0.05, 0) is 22.6 Å². The Morgan fingerprint density at radius 1 is 1.39 bits per heavy atom. The Morgan fingerprint density at radius 3 is 2.43 bits per heavy atom. The summed E-state index contributed by atoms with van der Waals surface area (Å²) in [7, 11) is 2.80. The molecule has 9 heteroatoms. The lowest BCUT2D eigenvalue weighted by molar-refractivity contribution is -0.134. The van der Waals surface area contributed by atoms with Crippen molar-refractivity contribution in [3.05, 3.63) is 15.5 Å². The monoisotopic (exact) mass is 434 g/mol. The number of hydrogen-bond donors (Lipinski definition) is 1. The van der Waals surface area contributed by atoms with E-state index in [-0.39, 0.29) is 17.9 Å². The van der Waals surface area contributed by atoms with E-state index in [9.17, 15) is 14.4 Å². The van der Waals surface area contributed by atoms with Crippen LogP contribution in [0, 0.1) is 8.99 Å². The third kappa shape index (κ3) is 5.12. The van der Waals surface area contributed by atoms with Crippen LogP contribution >= 0.6 is 22.6 Å². The highest BCUT2D eigenvalue weighted by Gasteiger charge is 2.26. The average molecular weight is 434 g/mol. The van der Waals surface area contributed by atoms with Gasteiger partial charge in [-0.2, -0.15) is 10.2 Å². The van der Waals surface area contributed by atoms with Crippen LogP contribution in [0.4, 0.5) is 0 Å². The predicted octanol–water partition coefficient (Wildman–Crippen LogP) is 1.29. The molecule has 1 aromatic heterocycles. The van der Waals surface area contributed by atoms with Crippen LogP contribution in [0.3, 0.4) is 0 Å². The third-order valence-electron chi connectivity index (χ3n) is 2.99. The fourth-order valence-electron chi connectivity index (χ4n) is 1.53. The smallest absolute Gasteiger partial charge is 0.354 e. The summed E-state index contributed by atoms with van der Waals surface area (Å²) < 4.78 is 6.64. The molecule has 0 fully saturated rings. The summed E-state index contributed by atoms with van der Waals surface area (Å²) in [4.78, 5) is 35.9. The van der Waals surface area contributed by atoms with E-state index in [1.165, 1.54) is 18.0 Å². The van der Waals surface area contributed by atoms with E-state index >= 15 is 0 Å². The lowest BCUT2D eigenvalue weighted by atomic mass is 9.88. The Labute approximate surface area is 147 Å². The molecule has 0 unspecified atom stereocenters. The van der Waals surface area contributed by atoms with Gasteiger partial charge in [-0.25, -0.2) is 10.2 Å². The molecule has 1 aromatic rings. The molecule has 0 spiro atoms. The number of methoxy groups -OCH3 is 1. The zero-order chi connectivity index (χ0) is 17.8. The molecule has 0 atom stereocenters. The van der Waals surface area contributed by atoms with E-state index in [0.717, 1.165) is 0 Å². The number of Topliss-reactive ketones (excluding diaryl/α,β-unsaturated/α-hetero) is 1. The van der Waals surface area contributed by atoms with Crippen molar-refractivity contribution >= 4 is 46.0 Å². The summed E-state index contributed by atoms with van der Waals surface area (Å²) in [5, 5.41) is 7.71. The van der Waals surface area contributed by atoms with Gasteiger partial charge in [0.25, 0.3) is 5.91 Å². The summed E-state index contributed by atoms with van der Waals surface area (Å²) in [6.45, 7) is 5.21. The van der Waals surface area contributed by atoms with E-state index in [1.807, 2.05) is 22.6 Å². The molecular formula is C14H19IN4O4. The number of esters is 1. The van der Waals surface area contributed by atoms with Crippen LogP contribution < -0.4 is 5.43 Å². The average Bonchev–Trinajstić information content (AvgIpc) is 2.80. The highest BCUT2D eigenvalue weighted by atomic mass is 127. The van der Waals surface area contributed by atoms with Gasteiger partial charge in [0, 0.05) is 12.5 Å². The molecule has 1 rings (SSSR count). The van der Waals surface area contributed by atoms with Crippen LogP contribution in [-0.2, 0) is 21.4 Å². The molecule has 0 radical (unpaired) electrons. The summed E-state index contributed by atoms with van der Waals surface area (Å²) in [5.41, 5.74) is 1.79. The standard InChI is InChI=1S/C14H19IN4O4/c1-14(2,3)10(20)6-9(13(22)23-5)17-18-12(21)11-8(15)7-16-19(11)4/h7H,6H2,1-5H3,(H,18,21)/b17-9-. The maximum Gasteiger partial charge on any atom is 0.354 e. The number of hydrogen-bond acceptors (Lipinski definition) is 6. The number of hydrazone groups is 1. The number of ether oxygens (including phenoxy) is 1. The summed E-state index contributed by atoms with van der Waals surface area (Å²) in [6.07, 6.45) is 1.31. The van der Waals surface area contributed by atoms with Crippen molar-refractivity contribution in [1.82, 2.24) is 15.2 Å². The first kappa shape index (κ1) is 19.3. The van der Waals surface area contributed by atoms with E-state index in [2.05, 4.69) is 20.4 Å². The van der Waals surface area contributed by atoms with Gasteiger partial charge in [0.2, 0.25) is 0 Å². The van der Waals surface area contributed by atoms with E-state index in [1.54, 1.807) is 27.8 Å². The van der Waals surface area contributed by atoms with Crippen molar-refractivity contribution in [2.45, 2.75) is 27.2 Å². The lowest BCUT2D eigenvalue weighted by Gasteiger charge is -2.16. The van der Waals surface area contributed by atoms with Gasteiger partial charge in [0.1, 0.15) is 11.5 Å². The van der Waals surface area contributed by atoms with E-state index < -0.39 is 17.3 Å². The topological polar surface area (TPSA) is 103 Å². The molecule has 0 aromatic carbocycles. The minimum Gasteiger partial charge on any atom is -0.464 e. The van der Waals surface area contributed by atoms with Gasteiger partial charge in [0.15, 0.2) is 5.71 Å². The molecular weight excluding hydrogens is 415 g/mol. The number of amides is 1. The number of aromatic nitrogens is 2. The Bertz CT molecular complexity index is 639. The van der Waals surface area contributed by atoms with E-state index in [0.29, 0.717) is 9.26 Å². The maximum absolute atomic E-state index is 12.1. The first-order valence-electron chi connectivity index (χ1n) is 6.74. The molecule has 23 heavy (non-hydrogen) atoms. The van der Waals surface area contributed by atoms with Crippen LogP contribution in [0.2, 0.25) is 0 Å². The van der Waals surface area contributed by atoms with Crippen molar-refractivity contribution < 1.29 is 19.1 Å². The van der Waals surface area contributed by atoms with Gasteiger partial charge >= 0.3 is 5.97 Å². The summed E-state index contributed by atoms with van der Waals surface area (Å²) in [5.74, 6) is -1.48. The fraction of sp³-hybridized carbons (Fsp3) is 0.500. The minimum absolute atomic E-state index is 0.155. The Hall–Kier alpha value is -1.78. The number of carbonyl (C=O) groups is 3. The number of aryl methyl sites for hydroxylation is 1. The zero-order valence-corrected chi connectivity index (χ0v) is 15.8. The largest absolute Gasteiger partial charge is 0.464 e. The van der Waals surface area contributed by atoms with Gasteiger partial charge < -0.3 is 4.74 Å². The summed E-state index contributed by atoms with van der Waals surface area (Å²) in [6, 6.07) is 0. The van der Waals surface area contributed by atoms with Crippen molar-refractivity contribution in [2.75, 3.05) is 7.11 Å². The molecule has 0 aliphatic carbocycles. The highest BCUT2D eigenvalue weighted by molar-refractivity contribution is 14.1.